The molecule has 1 fully saturated rings. The van der Waals surface area contributed by atoms with Gasteiger partial charge in [0.25, 0.3) is 0 Å². The maximum atomic E-state index is 11.5. The van der Waals surface area contributed by atoms with Crippen LogP contribution >= 0.6 is 0 Å². The fourth-order valence-electron chi connectivity index (χ4n) is 1.64. The molecule has 2 atom stereocenters. The molecule has 108 valence electrons. The van der Waals surface area contributed by atoms with Crippen molar-refractivity contribution in [3.8, 4) is 0 Å². The molecule has 2 amide bonds. The first-order valence-electron chi connectivity index (χ1n) is 5.94. The monoisotopic (exact) mass is 274 g/mol. The van der Waals surface area contributed by atoms with E-state index in [0.29, 0.717) is 19.8 Å². The molecule has 8 nitrogen and oxygen atoms in total. The van der Waals surface area contributed by atoms with Crippen LogP contribution in [0.25, 0.3) is 0 Å². The molecule has 0 spiro atoms. The van der Waals surface area contributed by atoms with Gasteiger partial charge in [0.2, 0.25) is 0 Å². The van der Waals surface area contributed by atoms with Gasteiger partial charge < -0.3 is 25.2 Å². The highest BCUT2D eigenvalue weighted by molar-refractivity contribution is 5.86. The molecule has 1 rings (SSSR count). The van der Waals surface area contributed by atoms with Crippen LogP contribution in [0.5, 0.6) is 0 Å². The van der Waals surface area contributed by atoms with Crippen LogP contribution in [0.15, 0.2) is 0 Å². The van der Waals surface area contributed by atoms with Gasteiger partial charge in [0.15, 0.2) is 0 Å². The van der Waals surface area contributed by atoms with Crippen molar-refractivity contribution in [2.24, 2.45) is 5.92 Å². The summed E-state index contributed by atoms with van der Waals surface area (Å²) in [7, 11) is 1.15. The Morgan fingerprint density at radius 2 is 2.21 bits per heavy atom. The van der Waals surface area contributed by atoms with E-state index in [1.165, 1.54) is 0 Å². The lowest BCUT2D eigenvalue weighted by Crippen LogP contribution is -2.48. The highest BCUT2D eigenvalue weighted by Gasteiger charge is 2.24. The summed E-state index contributed by atoms with van der Waals surface area (Å²) in [4.78, 5) is 33.4. The second-order valence-electron chi connectivity index (χ2n) is 4.26. The van der Waals surface area contributed by atoms with E-state index < -0.39 is 30.4 Å². The number of urea groups is 1. The number of nitrogens with one attached hydrogen (secondary N) is 2. The minimum Gasteiger partial charge on any atom is -0.480 e. The van der Waals surface area contributed by atoms with Crippen LogP contribution in [0.4, 0.5) is 4.79 Å². The van der Waals surface area contributed by atoms with Crippen LogP contribution in [-0.2, 0) is 19.1 Å². The summed E-state index contributed by atoms with van der Waals surface area (Å²) in [5.74, 6) is -1.74. The van der Waals surface area contributed by atoms with Crippen LogP contribution in [0.3, 0.4) is 0 Å². The fourth-order valence-corrected chi connectivity index (χ4v) is 1.64. The van der Waals surface area contributed by atoms with Gasteiger partial charge in [0, 0.05) is 19.1 Å². The summed E-state index contributed by atoms with van der Waals surface area (Å²) < 4.78 is 9.51. The summed E-state index contributed by atoms with van der Waals surface area (Å²) in [6.45, 7) is 1.68. The van der Waals surface area contributed by atoms with Crippen molar-refractivity contribution in [2.45, 2.75) is 18.9 Å². The molecule has 1 unspecified atom stereocenters. The minimum absolute atomic E-state index is 0.245. The van der Waals surface area contributed by atoms with Gasteiger partial charge in [-0.1, -0.05) is 0 Å². The predicted molar refractivity (Wildman–Crippen MR) is 63.5 cm³/mol. The van der Waals surface area contributed by atoms with E-state index >= 15 is 0 Å². The highest BCUT2D eigenvalue weighted by atomic mass is 16.5. The number of esters is 1. The number of carbonyl (C=O) groups excluding carboxylic acids is 2. The Kier molecular flexibility index (Phi) is 6.07. The SMILES string of the molecule is COC(=O)C[C@H](NC(=O)NCC1CCOC1)C(=O)O. The number of ether oxygens (including phenoxy) is 2. The molecule has 1 aliphatic heterocycles. The van der Waals surface area contributed by atoms with Crippen molar-refractivity contribution in [1.82, 2.24) is 10.6 Å². The predicted octanol–water partition coefficient (Wildman–Crippen LogP) is -0.662. The molecule has 0 saturated carbocycles. The average molecular weight is 274 g/mol. The third-order valence-corrected chi connectivity index (χ3v) is 2.78. The van der Waals surface area contributed by atoms with E-state index in [4.69, 9.17) is 9.84 Å². The second-order valence-corrected chi connectivity index (χ2v) is 4.26. The summed E-state index contributed by atoms with van der Waals surface area (Å²) in [6.07, 6.45) is 0.455. The van der Waals surface area contributed by atoms with E-state index in [2.05, 4.69) is 15.4 Å². The van der Waals surface area contributed by atoms with E-state index in [1.807, 2.05) is 0 Å². The van der Waals surface area contributed by atoms with Crippen molar-refractivity contribution < 1.29 is 29.0 Å². The first-order chi connectivity index (χ1) is 9.02. The molecule has 1 heterocycles. The summed E-state index contributed by atoms with van der Waals surface area (Å²) >= 11 is 0. The number of hydrogen-bond acceptors (Lipinski definition) is 5. The fraction of sp³-hybridized carbons (Fsp3) is 0.727. The molecule has 1 saturated heterocycles. The van der Waals surface area contributed by atoms with E-state index in [-0.39, 0.29) is 5.92 Å². The Labute approximate surface area is 110 Å². The Morgan fingerprint density at radius 3 is 2.74 bits per heavy atom. The van der Waals surface area contributed by atoms with Crippen molar-refractivity contribution in [3.63, 3.8) is 0 Å². The normalized spacial score (nSPS) is 19.5. The molecular weight excluding hydrogens is 256 g/mol. The topological polar surface area (TPSA) is 114 Å². The first-order valence-corrected chi connectivity index (χ1v) is 5.94. The first kappa shape index (κ1) is 15.2. The molecule has 0 radical (unpaired) electrons. The number of carbonyl (C=O) groups is 3. The van der Waals surface area contributed by atoms with E-state index in [9.17, 15) is 14.4 Å². The molecule has 0 aromatic heterocycles. The lowest BCUT2D eigenvalue weighted by atomic mass is 10.1. The van der Waals surface area contributed by atoms with Crippen LogP contribution in [0, 0.1) is 5.92 Å². The number of rotatable bonds is 6. The molecule has 0 bridgehead atoms. The zero-order valence-electron chi connectivity index (χ0n) is 10.7. The van der Waals surface area contributed by atoms with Gasteiger partial charge in [0.1, 0.15) is 6.04 Å². The largest absolute Gasteiger partial charge is 0.480 e. The van der Waals surface area contributed by atoms with Gasteiger partial charge >= 0.3 is 18.0 Å². The van der Waals surface area contributed by atoms with E-state index in [1.54, 1.807) is 0 Å². The van der Waals surface area contributed by atoms with Gasteiger partial charge in [-0.3, -0.25) is 4.79 Å². The molecule has 0 aromatic rings. The maximum absolute atomic E-state index is 11.5. The maximum Gasteiger partial charge on any atom is 0.326 e. The smallest absolute Gasteiger partial charge is 0.326 e. The third-order valence-electron chi connectivity index (χ3n) is 2.78. The number of aliphatic carboxylic acids is 1. The van der Waals surface area contributed by atoms with Crippen molar-refractivity contribution in [2.75, 3.05) is 26.9 Å². The Balaban J connectivity index is 2.33. The second kappa shape index (κ2) is 7.57. The van der Waals surface area contributed by atoms with Gasteiger partial charge in [-0.2, -0.15) is 0 Å². The Morgan fingerprint density at radius 1 is 1.47 bits per heavy atom. The summed E-state index contributed by atoms with van der Waals surface area (Å²) in [5, 5.41) is 13.6. The molecular formula is C11H18N2O6. The van der Waals surface area contributed by atoms with Gasteiger partial charge in [-0.25, -0.2) is 9.59 Å². The number of carboxylic acid groups (broad SMARTS) is 1. The van der Waals surface area contributed by atoms with Gasteiger partial charge in [-0.15, -0.1) is 0 Å². The standard InChI is InChI=1S/C11H18N2O6/c1-18-9(14)4-8(10(15)16)13-11(17)12-5-7-2-3-19-6-7/h7-8H,2-6H2,1H3,(H,15,16)(H2,12,13,17)/t7?,8-/m0/s1. The molecule has 0 aliphatic carbocycles. The van der Waals surface area contributed by atoms with Gasteiger partial charge in [0.05, 0.1) is 20.1 Å². The van der Waals surface area contributed by atoms with Crippen LogP contribution < -0.4 is 10.6 Å². The minimum atomic E-state index is -1.30. The zero-order chi connectivity index (χ0) is 14.3. The highest BCUT2D eigenvalue weighted by Crippen LogP contribution is 2.10. The van der Waals surface area contributed by atoms with Crippen molar-refractivity contribution in [3.05, 3.63) is 0 Å². The van der Waals surface area contributed by atoms with Gasteiger partial charge in [-0.05, 0) is 6.42 Å². The molecule has 19 heavy (non-hydrogen) atoms. The van der Waals surface area contributed by atoms with Crippen molar-refractivity contribution >= 4 is 18.0 Å². The summed E-state index contributed by atoms with van der Waals surface area (Å²) in [6, 6.07) is -1.92. The van der Waals surface area contributed by atoms with Crippen LogP contribution in [0.1, 0.15) is 12.8 Å². The third kappa shape index (κ3) is 5.56. The van der Waals surface area contributed by atoms with Crippen molar-refractivity contribution in [1.29, 1.82) is 0 Å². The summed E-state index contributed by atoms with van der Waals surface area (Å²) in [5.41, 5.74) is 0. The zero-order valence-corrected chi connectivity index (χ0v) is 10.7. The molecule has 0 aromatic carbocycles. The lowest BCUT2D eigenvalue weighted by Gasteiger charge is -2.15. The van der Waals surface area contributed by atoms with Crippen LogP contribution in [-0.4, -0.2) is 56.0 Å². The lowest BCUT2D eigenvalue weighted by molar-refractivity contribution is -0.147. The Bertz CT molecular complexity index is 340. The Hall–Kier alpha value is -1.83. The number of hydrogen-bond donors (Lipinski definition) is 3. The average Bonchev–Trinajstić information content (AvgIpc) is 2.88. The number of methoxy groups -OCH3 is 1. The molecule has 3 N–H and O–H groups in total. The van der Waals surface area contributed by atoms with Crippen LogP contribution in [0.2, 0.25) is 0 Å². The quantitative estimate of drug-likeness (QED) is 0.554. The number of amides is 2. The molecule has 1 aliphatic rings. The number of carboxylic acids is 1. The molecule has 8 heteroatoms. The van der Waals surface area contributed by atoms with E-state index in [0.717, 1.165) is 13.5 Å².